The molecule has 0 spiro atoms. The molecule has 1 unspecified atom stereocenters. The van der Waals surface area contributed by atoms with Gasteiger partial charge in [-0.05, 0) is 75.0 Å². The molecule has 1 aromatic carbocycles. The lowest BCUT2D eigenvalue weighted by atomic mass is 10.0. The molecule has 0 bridgehead atoms. The van der Waals surface area contributed by atoms with E-state index in [9.17, 15) is 0 Å². The monoisotopic (exact) mass is 273 g/mol. The minimum atomic E-state index is 0.628. The third kappa shape index (κ3) is 3.76. The maximum Gasteiger partial charge on any atom is 0.118 e. The molecule has 1 N–H and O–H groups in total. The molecule has 0 aromatic heterocycles. The average Bonchev–Trinajstić information content (AvgIpc) is 3.36. The molecule has 0 heterocycles. The second-order valence-corrected chi connectivity index (χ2v) is 6.66. The van der Waals surface area contributed by atoms with Gasteiger partial charge in [-0.1, -0.05) is 12.1 Å². The molecule has 2 aliphatic rings. The highest BCUT2D eigenvalue weighted by molar-refractivity contribution is 5.27. The number of benzene rings is 1. The minimum absolute atomic E-state index is 0.628. The lowest BCUT2D eigenvalue weighted by molar-refractivity contribution is 0.362. The number of methoxy groups -OCH3 is 1. The zero-order chi connectivity index (χ0) is 13.9. The first-order valence-corrected chi connectivity index (χ1v) is 8.15. The molecule has 2 aliphatic carbocycles. The summed E-state index contributed by atoms with van der Waals surface area (Å²) in [5.41, 5.74) is 1.41. The Morgan fingerprint density at radius 3 is 2.20 bits per heavy atom. The minimum Gasteiger partial charge on any atom is -0.497 e. The second kappa shape index (κ2) is 6.17. The SMILES string of the molecule is COc1ccc(CCC(C)NC(C2CC2)C2CC2)cc1. The van der Waals surface area contributed by atoms with Crippen molar-refractivity contribution in [1.82, 2.24) is 5.32 Å². The molecule has 2 nitrogen and oxygen atoms in total. The molecule has 1 atom stereocenters. The summed E-state index contributed by atoms with van der Waals surface area (Å²) < 4.78 is 5.20. The predicted octanol–water partition coefficient (Wildman–Crippen LogP) is 3.79. The van der Waals surface area contributed by atoms with E-state index in [0.29, 0.717) is 6.04 Å². The van der Waals surface area contributed by atoms with E-state index in [0.717, 1.165) is 30.0 Å². The molecule has 0 saturated heterocycles. The first kappa shape index (κ1) is 13.9. The van der Waals surface area contributed by atoms with Crippen molar-refractivity contribution in [3.63, 3.8) is 0 Å². The van der Waals surface area contributed by atoms with Crippen LogP contribution in [0.25, 0.3) is 0 Å². The molecule has 20 heavy (non-hydrogen) atoms. The lowest BCUT2D eigenvalue weighted by Crippen LogP contribution is -2.39. The van der Waals surface area contributed by atoms with E-state index in [-0.39, 0.29) is 0 Å². The van der Waals surface area contributed by atoms with Gasteiger partial charge in [0.25, 0.3) is 0 Å². The Morgan fingerprint density at radius 2 is 1.70 bits per heavy atom. The Morgan fingerprint density at radius 1 is 1.10 bits per heavy atom. The summed E-state index contributed by atoms with van der Waals surface area (Å²) in [5, 5.41) is 3.91. The maximum atomic E-state index is 5.20. The molecule has 0 aliphatic heterocycles. The van der Waals surface area contributed by atoms with Gasteiger partial charge in [-0.25, -0.2) is 0 Å². The normalized spacial score (nSPS) is 20.1. The lowest BCUT2D eigenvalue weighted by Gasteiger charge is -2.23. The number of hydrogen-bond acceptors (Lipinski definition) is 2. The fourth-order valence-corrected chi connectivity index (χ4v) is 3.15. The van der Waals surface area contributed by atoms with Crippen molar-refractivity contribution in [2.24, 2.45) is 11.8 Å². The Balaban J connectivity index is 1.44. The van der Waals surface area contributed by atoms with Gasteiger partial charge < -0.3 is 10.1 Å². The van der Waals surface area contributed by atoms with Crippen LogP contribution in [0.4, 0.5) is 0 Å². The third-order valence-corrected chi connectivity index (χ3v) is 4.76. The summed E-state index contributed by atoms with van der Waals surface area (Å²) in [7, 11) is 1.72. The number of aryl methyl sites for hydroxylation is 1. The quantitative estimate of drug-likeness (QED) is 0.778. The standard InChI is InChI=1S/C18H27NO/c1-13(19-18(15-7-8-15)16-9-10-16)3-4-14-5-11-17(20-2)12-6-14/h5-6,11-13,15-16,18-19H,3-4,7-10H2,1-2H3. The van der Waals surface area contributed by atoms with Crippen molar-refractivity contribution in [3.05, 3.63) is 29.8 Å². The molecular formula is C18H27NO. The van der Waals surface area contributed by atoms with E-state index in [2.05, 4.69) is 36.5 Å². The molecule has 3 rings (SSSR count). The number of rotatable bonds is 8. The zero-order valence-corrected chi connectivity index (χ0v) is 12.8. The Hall–Kier alpha value is -1.02. The van der Waals surface area contributed by atoms with E-state index in [4.69, 9.17) is 4.74 Å². The maximum absolute atomic E-state index is 5.20. The zero-order valence-electron chi connectivity index (χ0n) is 12.8. The van der Waals surface area contributed by atoms with E-state index in [1.54, 1.807) is 7.11 Å². The number of nitrogens with one attached hydrogen (secondary N) is 1. The van der Waals surface area contributed by atoms with Crippen molar-refractivity contribution < 1.29 is 4.74 Å². The van der Waals surface area contributed by atoms with Crippen molar-refractivity contribution in [2.75, 3.05) is 7.11 Å². The van der Waals surface area contributed by atoms with Crippen LogP contribution in [-0.2, 0) is 6.42 Å². The third-order valence-electron chi connectivity index (χ3n) is 4.76. The van der Waals surface area contributed by atoms with Gasteiger partial charge in [0.05, 0.1) is 7.11 Å². The Labute approximate surface area is 122 Å². The summed E-state index contributed by atoms with van der Waals surface area (Å²) in [6.45, 7) is 2.35. The van der Waals surface area contributed by atoms with Gasteiger partial charge in [-0.3, -0.25) is 0 Å². The van der Waals surface area contributed by atoms with Crippen molar-refractivity contribution in [2.45, 2.75) is 57.5 Å². The molecule has 0 amide bonds. The van der Waals surface area contributed by atoms with Crippen LogP contribution < -0.4 is 10.1 Å². The summed E-state index contributed by atoms with van der Waals surface area (Å²) in [6.07, 6.45) is 8.21. The summed E-state index contributed by atoms with van der Waals surface area (Å²) in [5.74, 6) is 2.93. The fraction of sp³-hybridized carbons (Fsp3) is 0.667. The van der Waals surface area contributed by atoms with Crippen molar-refractivity contribution >= 4 is 0 Å². The average molecular weight is 273 g/mol. The van der Waals surface area contributed by atoms with Gasteiger partial charge in [0, 0.05) is 12.1 Å². The highest BCUT2D eigenvalue weighted by Gasteiger charge is 2.41. The smallest absolute Gasteiger partial charge is 0.118 e. The van der Waals surface area contributed by atoms with E-state index in [1.165, 1.54) is 37.7 Å². The van der Waals surface area contributed by atoms with Gasteiger partial charge in [0.1, 0.15) is 5.75 Å². The Bertz CT molecular complexity index is 408. The molecule has 2 fully saturated rings. The molecule has 2 heteroatoms. The van der Waals surface area contributed by atoms with Crippen LogP contribution >= 0.6 is 0 Å². The van der Waals surface area contributed by atoms with Crippen LogP contribution in [0.2, 0.25) is 0 Å². The van der Waals surface area contributed by atoms with Gasteiger partial charge >= 0.3 is 0 Å². The van der Waals surface area contributed by atoms with E-state index in [1.807, 2.05) is 0 Å². The highest BCUT2D eigenvalue weighted by atomic mass is 16.5. The molecular weight excluding hydrogens is 246 g/mol. The molecule has 2 saturated carbocycles. The van der Waals surface area contributed by atoms with Gasteiger partial charge in [-0.15, -0.1) is 0 Å². The first-order valence-electron chi connectivity index (χ1n) is 8.15. The molecule has 0 radical (unpaired) electrons. The number of hydrogen-bond donors (Lipinski definition) is 1. The summed E-state index contributed by atoms with van der Waals surface area (Å²) >= 11 is 0. The topological polar surface area (TPSA) is 21.3 Å². The Kier molecular flexibility index (Phi) is 4.30. The van der Waals surface area contributed by atoms with Gasteiger partial charge in [0.2, 0.25) is 0 Å². The summed E-state index contributed by atoms with van der Waals surface area (Å²) in [6, 6.07) is 9.94. The van der Waals surface area contributed by atoms with E-state index >= 15 is 0 Å². The van der Waals surface area contributed by atoms with Crippen LogP contribution in [0, 0.1) is 11.8 Å². The van der Waals surface area contributed by atoms with Crippen molar-refractivity contribution in [1.29, 1.82) is 0 Å². The molecule has 110 valence electrons. The van der Waals surface area contributed by atoms with Crippen molar-refractivity contribution in [3.8, 4) is 5.75 Å². The van der Waals surface area contributed by atoms with Gasteiger partial charge in [-0.2, -0.15) is 0 Å². The summed E-state index contributed by atoms with van der Waals surface area (Å²) in [4.78, 5) is 0. The highest BCUT2D eigenvalue weighted by Crippen LogP contribution is 2.44. The van der Waals surface area contributed by atoms with Crippen LogP contribution in [-0.4, -0.2) is 19.2 Å². The first-order chi connectivity index (χ1) is 9.76. The largest absolute Gasteiger partial charge is 0.497 e. The predicted molar refractivity (Wildman–Crippen MR) is 83.1 cm³/mol. The van der Waals surface area contributed by atoms with Crippen LogP contribution in [0.15, 0.2) is 24.3 Å². The van der Waals surface area contributed by atoms with Crippen LogP contribution in [0.1, 0.15) is 44.6 Å². The van der Waals surface area contributed by atoms with Gasteiger partial charge in [0.15, 0.2) is 0 Å². The molecule has 1 aromatic rings. The second-order valence-electron chi connectivity index (χ2n) is 6.66. The fourth-order valence-electron chi connectivity index (χ4n) is 3.15. The van der Waals surface area contributed by atoms with E-state index < -0.39 is 0 Å². The van der Waals surface area contributed by atoms with Crippen LogP contribution in [0.5, 0.6) is 5.75 Å². The number of ether oxygens (including phenoxy) is 1. The van der Waals surface area contributed by atoms with Crippen LogP contribution in [0.3, 0.4) is 0 Å².